The van der Waals surface area contributed by atoms with E-state index in [1.54, 1.807) is 12.4 Å². The van der Waals surface area contributed by atoms with Gasteiger partial charge in [-0.25, -0.2) is 9.97 Å². The second-order valence-corrected chi connectivity index (χ2v) is 6.53. The van der Waals surface area contributed by atoms with Gasteiger partial charge in [-0.05, 0) is 24.0 Å². The molecule has 0 aliphatic heterocycles. The Bertz CT molecular complexity index is 896. The number of nitrogens with one attached hydrogen (secondary N) is 1. The first-order chi connectivity index (χ1) is 12.2. The van der Waals surface area contributed by atoms with Crippen LogP contribution in [0.4, 0.5) is 5.69 Å². The third kappa shape index (κ3) is 3.39. The second-order valence-electron chi connectivity index (χ2n) is 6.12. The predicted molar refractivity (Wildman–Crippen MR) is 98.4 cm³/mol. The molecular weight excluding hydrogens is 334 g/mol. The van der Waals surface area contributed by atoms with Crippen molar-refractivity contribution in [1.29, 1.82) is 0 Å². The molecule has 1 N–H and O–H groups in total. The summed E-state index contributed by atoms with van der Waals surface area (Å²) in [4.78, 5) is 21.1. The SMILES string of the molecule is O=C(Nc1cnc(-c2ccccc2)nc1)C1CC1c1ccccc1Cl. The largest absolute Gasteiger partial charge is 0.323 e. The molecule has 1 heterocycles. The van der Waals surface area contributed by atoms with E-state index in [0.717, 1.165) is 22.6 Å². The van der Waals surface area contributed by atoms with Crippen LogP contribution >= 0.6 is 11.6 Å². The maximum atomic E-state index is 12.4. The number of aromatic nitrogens is 2. The van der Waals surface area contributed by atoms with Gasteiger partial charge >= 0.3 is 0 Å². The van der Waals surface area contributed by atoms with Crippen molar-refractivity contribution in [2.45, 2.75) is 12.3 Å². The number of amides is 1. The molecule has 1 saturated carbocycles. The number of rotatable bonds is 4. The third-order valence-corrected chi connectivity index (χ3v) is 4.73. The lowest BCUT2D eigenvalue weighted by Gasteiger charge is -2.06. The number of hydrogen-bond acceptors (Lipinski definition) is 3. The number of carbonyl (C=O) groups is 1. The van der Waals surface area contributed by atoms with E-state index in [0.29, 0.717) is 11.5 Å². The Morgan fingerprint density at radius 2 is 1.68 bits per heavy atom. The van der Waals surface area contributed by atoms with Gasteiger partial charge in [0.2, 0.25) is 5.91 Å². The summed E-state index contributed by atoms with van der Waals surface area (Å²) in [6, 6.07) is 17.4. The van der Waals surface area contributed by atoms with Crippen LogP contribution in [0.3, 0.4) is 0 Å². The summed E-state index contributed by atoms with van der Waals surface area (Å²) in [6.07, 6.45) is 4.10. The van der Waals surface area contributed by atoms with E-state index in [1.807, 2.05) is 54.6 Å². The van der Waals surface area contributed by atoms with Gasteiger partial charge in [-0.1, -0.05) is 60.1 Å². The highest BCUT2D eigenvalue weighted by molar-refractivity contribution is 6.31. The molecule has 4 rings (SSSR count). The van der Waals surface area contributed by atoms with E-state index in [1.165, 1.54) is 0 Å². The smallest absolute Gasteiger partial charge is 0.228 e. The molecule has 1 amide bonds. The summed E-state index contributed by atoms with van der Waals surface area (Å²) in [6.45, 7) is 0. The van der Waals surface area contributed by atoms with Gasteiger partial charge in [-0.2, -0.15) is 0 Å². The van der Waals surface area contributed by atoms with Gasteiger partial charge in [0.15, 0.2) is 5.82 Å². The van der Waals surface area contributed by atoms with Gasteiger partial charge in [0.25, 0.3) is 0 Å². The number of anilines is 1. The molecule has 0 saturated heterocycles. The van der Waals surface area contributed by atoms with Crippen LogP contribution in [0.5, 0.6) is 0 Å². The molecule has 1 aromatic heterocycles. The molecule has 1 fully saturated rings. The van der Waals surface area contributed by atoms with Crippen LogP contribution in [0.1, 0.15) is 17.9 Å². The third-order valence-electron chi connectivity index (χ3n) is 4.38. The first-order valence-electron chi connectivity index (χ1n) is 8.15. The van der Waals surface area contributed by atoms with Crippen molar-refractivity contribution >= 4 is 23.2 Å². The number of carbonyl (C=O) groups excluding carboxylic acids is 1. The zero-order valence-corrected chi connectivity index (χ0v) is 14.1. The van der Waals surface area contributed by atoms with Crippen molar-refractivity contribution in [2.75, 3.05) is 5.32 Å². The van der Waals surface area contributed by atoms with Crippen molar-refractivity contribution in [1.82, 2.24) is 9.97 Å². The maximum Gasteiger partial charge on any atom is 0.228 e. The average molecular weight is 350 g/mol. The lowest BCUT2D eigenvalue weighted by molar-refractivity contribution is -0.117. The van der Waals surface area contributed by atoms with Crippen molar-refractivity contribution in [2.24, 2.45) is 5.92 Å². The van der Waals surface area contributed by atoms with Crippen LogP contribution in [-0.2, 0) is 4.79 Å². The average Bonchev–Trinajstić information content (AvgIpc) is 3.44. The van der Waals surface area contributed by atoms with Gasteiger partial charge in [0.05, 0.1) is 18.1 Å². The summed E-state index contributed by atoms with van der Waals surface area (Å²) >= 11 is 6.21. The summed E-state index contributed by atoms with van der Waals surface area (Å²) in [7, 11) is 0. The minimum atomic E-state index is -0.0475. The molecule has 2 atom stereocenters. The Balaban J connectivity index is 1.41. The van der Waals surface area contributed by atoms with Gasteiger partial charge in [0, 0.05) is 16.5 Å². The minimum Gasteiger partial charge on any atom is -0.323 e. The summed E-state index contributed by atoms with van der Waals surface area (Å²) in [5.41, 5.74) is 2.59. The zero-order chi connectivity index (χ0) is 17.2. The number of halogens is 1. The van der Waals surface area contributed by atoms with Crippen molar-refractivity contribution in [3.8, 4) is 11.4 Å². The van der Waals surface area contributed by atoms with E-state index in [-0.39, 0.29) is 17.7 Å². The van der Waals surface area contributed by atoms with Gasteiger partial charge < -0.3 is 5.32 Å². The highest BCUT2D eigenvalue weighted by atomic mass is 35.5. The molecular formula is C20H16ClN3O. The predicted octanol–water partition coefficient (Wildman–Crippen LogP) is 4.54. The molecule has 2 aromatic carbocycles. The van der Waals surface area contributed by atoms with Crippen LogP contribution in [0.15, 0.2) is 67.0 Å². The Kier molecular flexibility index (Phi) is 4.20. The molecule has 3 aromatic rings. The number of hydrogen-bond donors (Lipinski definition) is 1. The topological polar surface area (TPSA) is 54.9 Å². The van der Waals surface area contributed by atoms with Gasteiger partial charge in [-0.3, -0.25) is 4.79 Å². The summed E-state index contributed by atoms with van der Waals surface area (Å²) in [5, 5.41) is 3.62. The highest BCUT2D eigenvalue weighted by Gasteiger charge is 2.44. The molecule has 5 heteroatoms. The molecule has 0 spiro atoms. The lowest BCUT2D eigenvalue weighted by atomic mass is 10.1. The van der Waals surface area contributed by atoms with Crippen molar-refractivity contribution in [3.63, 3.8) is 0 Å². The Morgan fingerprint density at radius 3 is 2.40 bits per heavy atom. The lowest BCUT2D eigenvalue weighted by Crippen LogP contribution is -2.15. The molecule has 1 aliphatic rings. The fourth-order valence-electron chi connectivity index (χ4n) is 2.97. The van der Waals surface area contributed by atoms with E-state index in [4.69, 9.17) is 11.6 Å². The van der Waals surface area contributed by atoms with Crippen molar-refractivity contribution < 1.29 is 4.79 Å². The molecule has 0 radical (unpaired) electrons. The van der Waals surface area contributed by atoms with Gasteiger partial charge in [-0.15, -0.1) is 0 Å². The standard InChI is InChI=1S/C20H16ClN3O/c21-18-9-5-4-8-15(18)16-10-17(16)20(25)24-14-11-22-19(23-12-14)13-6-2-1-3-7-13/h1-9,11-12,16-17H,10H2,(H,24,25). The fraction of sp³-hybridized carbons (Fsp3) is 0.150. The van der Waals surface area contributed by atoms with E-state index in [9.17, 15) is 4.79 Å². The Morgan fingerprint density at radius 1 is 1.00 bits per heavy atom. The fourth-order valence-corrected chi connectivity index (χ4v) is 3.24. The number of benzene rings is 2. The molecule has 2 unspecified atom stereocenters. The van der Waals surface area contributed by atoms with Crippen LogP contribution in [0.2, 0.25) is 5.02 Å². The molecule has 25 heavy (non-hydrogen) atoms. The monoisotopic (exact) mass is 349 g/mol. The van der Waals surface area contributed by atoms with E-state index in [2.05, 4.69) is 15.3 Å². The molecule has 4 nitrogen and oxygen atoms in total. The summed E-state index contributed by atoms with van der Waals surface area (Å²) < 4.78 is 0. The van der Waals surface area contributed by atoms with E-state index < -0.39 is 0 Å². The highest BCUT2D eigenvalue weighted by Crippen LogP contribution is 2.49. The zero-order valence-electron chi connectivity index (χ0n) is 13.4. The van der Waals surface area contributed by atoms with E-state index >= 15 is 0 Å². The molecule has 124 valence electrons. The maximum absolute atomic E-state index is 12.4. The Hall–Kier alpha value is -2.72. The molecule has 0 bridgehead atoms. The minimum absolute atomic E-state index is 0.0130. The van der Waals surface area contributed by atoms with Crippen LogP contribution in [0, 0.1) is 5.92 Å². The van der Waals surface area contributed by atoms with Crippen molar-refractivity contribution in [3.05, 3.63) is 77.6 Å². The van der Waals surface area contributed by atoms with Crippen LogP contribution in [0.25, 0.3) is 11.4 Å². The first kappa shape index (κ1) is 15.8. The molecule has 1 aliphatic carbocycles. The van der Waals surface area contributed by atoms with Crippen LogP contribution in [-0.4, -0.2) is 15.9 Å². The Labute approximate surface area is 150 Å². The van der Waals surface area contributed by atoms with Crippen LogP contribution < -0.4 is 5.32 Å². The normalized spacial score (nSPS) is 18.6. The van der Waals surface area contributed by atoms with Gasteiger partial charge in [0.1, 0.15) is 0 Å². The second kappa shape index (κ2) is 6.65. The quantitative estimate of drug-likeness (QED) is 0.752. The first-order valence-corrected chi connectivity index (χ1v) is 8.53. The number of nitrogens with zero attached hydrogens (tertiary/aromatic N) is 2. The summed E-state index contributed by atoms with van der Waals surface area (Å²) in [5.74, 6) is 0.770.